The molecule has 0 aliphatic rings. The number of rotatable bonds is 5. The van der Waals surface area contributed by atoms with Crippen molar-refractivity contribution < 1.29 is 18.8 Å². The zero-order valence-electron chi connectivity index (χ0n) is 10.6. The van der Waals surface area contributed by atoms with Gasteiger partial charge < -0.3 is 14.0 Å². The minimum absolute atomic E-state index is 0.0857. The maximum atomic E-state index is 10.4. The van der Waals surface area contributed by atoms with Gasteiger partial charge in [-0.2, -0.15) is 4.98 Å². The molecule has 3 aromatic rings. The molecule has 6 nitrogen and oxygen atoms in total. The quantitative estimate of drug-likeness (QED) is 0.768. The topological polar surface area (TPSA) is 89.4 Å². The van der Waals surface area contributed by atoms with E-state index in [1.165, 1.54) is 0 Å². The summed E-state index contributed by atoms with van der Waals surface area (Å²) in [7, 11) is 0. The lowest BCUT2D eigenvalue weighted by Gasteiger charge is -1.90. The molecule has 1 aromatic carbocycles. The van der Waals surface area contributed by atoms with Crippen molar-refractivity contribution >= 4 is 16.9 Å². The number of carboxylic acids is 1. The second-order valence-corrected chi connectivity index (χ2v) is 4.41. The van der Waals surface area contributed by atoms with Crippen molar-refractivity contribution in [2.24, 2.45) is 0 Å². The van der Waals surface area contributed by atoms with Gasteiger partial charge >= 0.3 is 5.97 Å². The van der Waals surface area contributed by atoms with E-state index in [1.807, 2.05) is 30.3 Å². The molecule has 2 aromatic heterocycles. The lowest BCUT2D eigenvalue weighted by Crippen LogP contribution is -1.95. The van der Waals surface area contributed by atoms with Crippen LogP contribution in [0.3, 0.4) is 0 Å². The molecule has 0 fully saturated rings. The van der Waals surface area contributed by atoms with Crippen molar-refractivity contribution in [2.45, 2.75) is 19.3 Å². The summed E-state index contributed by atoms with van der Waals surface area (Å²) in [5, 5.41) is 13.4. The molecule has 20 heavy (non-hydrogen) atoms. The van der Waals surface area contributed by atoms with Gasteiger partial charge in [0.25, 0.3) is 0 Å². The molecule has 0 bridgehead atoms. The Morgan fingerprint density at radius 3 is 2.95 bits per heavy atom. The van der Waals surface area contributed by atoms with Gasteiger partial charge in [0.2, 0.25) is 11.7 Å². The standard InChI is InChI=1S/C14H12N2O4/c17-13(18)7-3-6-12-15-14(16-20-12)11-8-9-4-1-2-5-10(9)19-11/h1-2,4-5,8H,3,6-7H2,(H,17,18). The lowest BCUT2D eigenvalue weighted by atomic mass is 10.2. The van der Waals surface area contributed by atoms with Gasteiger partial charge in [-0.15, -0.1) is 0 Å². The van der Waals surface area contributed by atoms with Gasteiger partial charge in [0.15, 0.2) is 5.76 Å². The predicted octanol–water partition coefficient (Wildman–Crippen LogP) is 2.89. The van der Waals surface area contributed by atoms with Crippen molar-refractivity contribution in [3.05, 3.63) is 36.2 Å². The van der Waals surface area contributed by atoms with Gasteiger partial charge in [-0.05, 0) is 18.6 Å². The monoisotopic (exact) mass is 272 g/mol. The van der Waals surface area contributed by atoms with Gasteiger partial charge in [-0.3, -0.25) is 4.79 Å². The highest BCUT2D eigenvalue weighted by molar-refractivity contribution is 5.81. The second kappa shape index (κ2) is 5.16. The molecule has 2 heterocycles. The molecule has 0 amide bonds. The summed E-state index contributed by atoms with van der Waals surface area (Å²) < 4.78 is 10.7. The Balaban J connectivity index is 1.77. The van der Waals surface area contributed by atoms with Crippen molar-refractivity contribution in [3.63, 3.8) is 0 Å². The number of benzene rings is 1. The highest BCUT2D eigenvalue weighted by Crippen LogP contribution is 2.25. The fourth-order valence-corrected chi connectivity index (χ4v) is 1.94. The summed E-state index contributed by atoms with van der Waals surface area (Å²) in [6.07, 6.45) is 0.999. The summed E-state index contributed by atoms with van der Waals surface area (Å²) in [5.74, 6) is 0.509. The van der Waals surface area contributed by atoms with Crippen LogP contribution in [0.25, 0.3) is 22.6 Å². The number of hydrogen-bond donors (Lipinski definition) is 1. The average molecular weight is 272 g/mol. The first-order chi connectivity index (χ1) is 9.72. The number of aryl methyl sites for hydroxylation is 1. The Hall–Kier alpha value is -2.63. The SMILES string of the molecule is O=C(O)CCCc1nc(-c2cc3ccccc3o2)no1. The van der Waals surface area contributed by atoms with Crippen LogP contribution in [-0.4, -0.2) is 21.2 Å². The highest BCUT2D eigenvalue weighted by atomic mass is 16.5. The molecule has 0 aliphatic heterocycles. The number of aliphatic carboxylic acids is 1. The van der Waals surface area contributed by atoms with E-state index in [4.69, 9.17) is 14.0 Å². The smallest absolute Gasteiger partial charge is 0.303 e. The van der Waals surface area contributed by atoms with E-state index in [9.17, 15) is 4.79 Å². The van der Waals surface area contributed by atoms with E-state index in [2.05, 4.69) is 10.1 Å². The molecule has 0 aliphatic carbocycles. The molecule has 0 radical (unpaired) electrons. The summed E-state index contributed by atoms with van der Waals surface area (Å²) >= 11 is 0. The first kappa shape index (κ1) is 12.4. The van der Waals surface area contributed by atoms with Crippen LogP contribution in [0.15, 0.2) is 39.3 Å². The van der Waals surface area contributed by atoms with Crippen LogP contribution in [0.2, 0.25) is 0 Å². The molecule has 3 rings (SSSR count). The number of para-hydroxylation sites is 1. The Bertz CT molecular complexity index is 711. The first-order valence-electron chi connectivity index (χ1n) is 6.26. The number of aromatic nitrogens is 2. The van der Waals surface area contributed by atoms with E-state index in [-0.39, 0.29) is 6.42 Å². The van der Waals surface area contributed by atoms with Crippen molar-refractivity contribution in [3.8, 4) is 11.6 Å². The van der Waals surface area contributed by atoms with E-state index in [0.717, 1.165) is 11.0 Å². The summed E-state index contributed by atoms with van der Waals surface area (Å²) in [4.78, 5) is 14.6. The van der Waals surface area contributed by atoms with Crippen LogP contribution in [0.4, 0.5) is 0 Å². The van der Waals surface area contributed by atoms with Crippen LogP contribution in [0.5, 0.6) is 0 Å². The molecule has 0 saturated heterocycles. The Kier molecular flexibility index (Phi) is 3.20. The third-order valence-electron chi connectivity index (χ3n) is 2.90. The van der Waals surface area contributed by atoms with Gasteiger partial charge in [0, 0.05) is 18.2 Å². The predicted molar refractivity (Wildman–Crippen MR) is 70.1 cm³/mol. The van der Waals surface area contributed by atoms with Crippen LogP contribution in [0.1, 0.15) is 18.7 Å². The van der Waals surface area contributed by atoms with Gasteiger partial charge in [-0.1, -0.05) is 23.4 Å². The molecule has 1 N–H and O–H groups in total. The number of nitrogens with zero attached hydrogens (tertiary/aromatic N) is 2. The van der Waals surface area contributed by atoms with E-state index >= 15 is 0 Å². The van der Waals surface area contributed by atoms with Crippen LogP contribution < -0.4 is 0 Å². The maximum Gasteiger partial charge on any atom is 0.303 e. The molecule has 0 unspecified atom stereocenters. The number of carbonyl (C=O) groups is 1. The summed E-state index contributed by atoms with van der Waals surface area (Å²) in [6, 6.07) is 9.47. The molecule has 102 valence electrons. The third kappa shape index (κ3) is 2.54. The van der Waals surface area contributed by atoms with Gasteiger partial charge in [-0.25, -0.2) is 0 Å². The summed E-state index contributed by atoms with van der Waals surface area (Å²) in [6.45, 7) is 0. The van der Waals surface area contributed by atoms with Crippen molar-refractivity contribution in [1.29, 1.82) is 0 Å². The molecule has 0 saturated carbocycles. The number of carboxylic acid groups (broad SMARTS) is 1. The summed E-state index contributed by atoms with van der Waals surface area (Å²) in [5.41, 5.74) is 0.764. The average Bonchev–Trinajstić information content (AvgIpc) is 3.03. The van der Waals surface area contributed by atoms with Crippen molar-refractivity contribution in [2.75, 3.05) is 0 Å². The number of hydrogen-bond acceptors (Lipinski definition) is 5. The maximum absolute atomic E-state index is 10.4. The lowest BCUT2D eigenvalue weighted by molar-refractivity contribution is -0.137. The van der Waals surface area contributed by atoms with E-state index < -0.39 is 5.97 Å². The fraction of sp³-hybridized carbons (Fsp3) is 0.214. The van der Waals surface area contributed by atoms with Crippen LogP contribution in [-0.2, 0) is 11.2 Å². The molecular weight excluding hydrogens is 260 g/mol. The van der Waals surface area contributed by atoms with Gasteiger partial charge in [0.05, 0.1) is 0 Å². The second-order valence-electron chi connectivity index (χ2n) is 4.41. The minimum atomic E-state index is -0.831. The van der Waals surface area contributed by atoms with Crippen LogP contribution in [0, 0.1) is 0 Å². The Labute approximate surface area is 114 Å². The largest absolute Gasteiger partial charge is 0.481 e. The fourth-order valence-electron chi connectivity index (χ4n) is 1.94. The Morgan fingerprint density at radius 1 is 1.30 bits per heavy atom. The van der Waals surface area contributed by atoms with E-state index in [1.54, 1.807) is 0 Å². The first-order valence-corrected chi connectivity index (χ1v) is 6.26. The minimum Gasteiger partial charge on any atom is -0.481 e. The van der Waals surface area contributed by atoms with Crippen LogP contribution >= 0.6 is 0 Å². The zero-order chi connectivity index (χ0) is 13.9. The zero-order valence-corrected chi connectivity index (χ0v) is 10.6. The highest BCUT2D eigenvalue weighted by Gasteiger charge is 2.13. The third-order valence-corrected chi connectivity index (χ3v) is 2.90. The Morgan fingerprint density at radius 2 is 2.15 bits per heavy atom. The normalized spacial score (nSPS) is 11.0. The number of furan rings is 1. The van der Waals surface area contributed by atoms with Gasteiger partial charge in [0.1, 0.15) is 5.58 Å². The molecular formula is C14H12N2O4. The molecule has 0 atom stereocenters. The molecule has 6 heteroatoms. The van der Waals surface area contributed by atoms with E-state index in [0.29, 0.717) is 30.3 Å². The van der Waals surface area contributed by atoms with Crippen molar-refractivity contribution in [1.82, 2.24) is 10.1 Å². The molecule has 0 spiro atoms. The number of fused-ring (bicyclic) bond motifs is 1.